The lowest BCUT2D eigenvalue weighted by molar-refractivity contribution is -0.137. The van der Waals surface area contributed by atoms with Crippen molar-refractivity contribution >= 4 is 5.97 Å². The number of hydrogen-bond acceptors (Lipinski definition) is 3. The summed E-state index contributed by atoms with van der Waals surface area (Å²) in [6, 6.07) is 7.47. The maximum Gasteiger partial charge on any atom is 0.303 e. The second kappa shape index (κ2) is 8.51. The van der Waals surface area contributed by atoms with Crippen LogP contribution in [0.3, 0.4) is 0 Å². The predicted octanol–water partition coefficient (Wildman–Crippen LogP) is 2.29. The van der Waals surface area contributed by atoms with Gasteiger partial charge < -0.3 is 15.5 Å². The van der Waals surface area contributed by atoms with E-state index < -0.39 is 12.1 Å². The largest absolute Gasteiger partial charge is 0.481 e. The fourth-order valence-corrected chi connectivity index (χ4v) is 2.07. The van der Waals surface area contributed by atoms with Crippen LogP contribution >= 0.6 is 0 Å². The molecule has 0 saturated heterocycles. The van der Waals surface area contributed by atoms with Gasteiger partial charge in [-0.15, -0.1) is 6.58 Å². The molecular formula is C16H23NO3. The van der Waals surface area contributed by atoms with Gasteiger partial charge in [0.2, 0.25) is 0 Å². The number of benzene rings is 1. The number of aliphatic carboxylic acids is 1. The SMILES string of the molecule is C=CCNC(CCC(=O)O)C(O)c1ccc(CC)cc1. The van der Waals surface area contributed by atoms with Gasteiger partial charge in [-0.25, -0.2) is 0 Å². The van der Waals surface area contributed by atoms with Crippen LogP contribution in [0.1, 0.15) is 37.0 Å². The van der Waals surface area contributed by atoms with Crippen molar-refractivity contribution in [1.29, 1.82) is 0 Å². The molecule has 0 saturated carbocycles. The normalized spacial score (nSPS) is 13.7. The van der Waals surface area contributed by atoms with Gasteiger partial charge in [-0.05, 0) is 24.0 Å². The highest BCUT2D eigenvalue weighted by atomic mass is 16.4. The number of rotatable bonds is 9. The monoisotopic (exact) mass is 277 g/mol. The lowest BCUT2D eigenvalue weighted by Gasteiger charge is -2.23. The first-order valence-corrected chi connectivity index (χ1v) is 6.91. The Morgan fingerprint density at radius 1 is 1.40 bits per heavy atom. The molecule has 1 aromatic rings. The molecule has 110 valence electrons. The van der Waals surface area contributed by atoms with Crippen molar-refractivity contribution in [2.75, 3.05) is 6.54 Å². The number of aliphatic hydroxyl groups is 1. The molecule has 4 nitrogen and oxygen atoms in total. The molecule has 20 heavy (non-hydrogen) atoms. The van der Waals surface area contributed by atoms with E-state index in [0.717, 1.165) is 12.0 Å². The molecule has 2 unspecified atom stereocenters. The van der Waals surface area contributed by atoms with Crippen molar-refractivity contribution in [3.8, 4) is 0 Å². The van der Waals surface area contributed by atoms with E-state index in [1.807, 2.05) is 24.3 Å². The average molecular weight is 277 g/mol. The van der Waals surface area contributed by atoms with Gasteiger partial charge in [0.05, 0.1) is 6.10 Å². The average Bonchev–Trinajstić information content (AvgIpc) is 2.46. The maximum absolute atomic E-state index is 10.7. The molecule has 0 aromatic heterocycles. The number of carbonyl (C=O) groups is 1. The van der Waals surface area contributed by atoms with Gasteiger partial charge in [0.1, 0.15) is 0 Å². The molecule has 0 heterocycles. The van der Waals surface area contributed by atoms with Gasteiger partial charge in [0.25, 0.3) is 0 Å². The van der Waals surface area contributed by atoms with Gasteiger partial charge in [-0.3, -0.25) is 4.79 Å². The molecule has 4 heteroatoms. The Hall–Kier alpha value is -1.65. The summed E-state index contributed by atoms with van der Waals surface area (Å²) in [5.41, 5.74) is 2.01. The number of carboxylic acids is 1. The van der Waals surface area contributed by atoms with Crippen LogP contribution in [0.4, 0.5) is 0 Å². The third kappa shape index (κ3) is 5.15. The lowest BCUT2D eigenvalue weighted by atomic mass is 9.97. The van der Waals surface area contributed by atoms with E-state index in [4.69, 9.17) is 5.11 Å². The summed E-state index contributed by atoms with van der Waals surface area (Å²) >= 11 is 0. The van der Waals surface area contributed by atoms with E-state index in [0.29, 0.717) is 13.0 Å². The van der Waals surface area contributed by atoms with Crippen molar-refractivity contribution in [2.45, 2.75) is 38.3 Å². The Morgan fingerprint density at radius 2 is 2.05 bits per heavy atom. The van der Waals surface area contributed by atoms with Crippen molar-refractivity contribution in [1.82, 2.24) is 5.32 Å². The fourth-order valence-electron chi connectivity index (χ4n) is 2.07. The van der Waals surface area contributed by atoms with E-state index in [-0.39, 0.29) is 12.5 Å². The summed E-state index contributed by atoms with van der Waals surface area (Å²) in [6.07, 6.45) is 2.33. The standard InChI is InChI=1S/C16H23NO3/c1-3-11-17-14(9-10-15(18)19)16(20)13-7-5-12(4-2)6-8-13/h3,5-8,14,16-17,20H,1,4,9-11H2,2H3,(H,18,19). The number of aliphatic hydroxyl groups excluding tert-OH is 1. The van der Waals surface area contributed by atoms with E-state index >= 15 is 0 Å². The van der Waals surface area contributed by atoms with Crippen LogP contribution in [0.2, 0.25) is 0 Å². The Bertz CT molecular complexity index is 428. The summed E-state index contributed by atoms with van der Waals surface area (Å²) in [5.74, 6) is -0.857. The lowest BCUT2D eigenvalue weighted by Crippen LogP contribution is -2.35. The smallest absolute Gasteiger partial charge is 0.303 e. The highest BCUT2D eigenvalue weighted by Crippen LogP contribution is 2.20. The van der Waals surface area contributed by atoms with Crippen LogP contribution in [0.25, 0.3) is 0 Å². The summed E-state index contributed by atoms with van der Waals surface area (Å²) < 4.78 is 0. The van der Waals surface area contributed by atoms with Crippen LogP contribution in [0.5, 0.6) is 0 Å². The summed E-state index contributed by atoms with van der Waals surface area (Å²) in [7, 11) is 0. The number of nitrogens with one attached hydrogen (secondary N) is 1. The van der Waals surface area contributed by atoms with Gasteiger partial charge in [0.15, 0.2) is 0 Å². The van der Waals surface area contributed by atoms with Crippen LogP contribution in [0, 0.1) is 0 Å². The number of aryl methyl sites for hydroxylation is 1. The molecular weight excluding hydrogens is 254 g/mol. The third-order valence-corrected chi connectivity index (χ3v) is 3.30. The van der Waals surface area contributed by atoms with Gasteiger partial charge in [0, 0.05) is 19.0 Å². The first kappa shape index (κ1) is 16.4. The zero-order chi connectivity index (χ0) is 15.0. The van der Waals surface area contributed by atoms with Gasteiger partial charge in [-0.1, -0.05) is 37.3 Å². The fraction of sp³-hybridized carbons (Fsp3) is 0.438. The number of hydrogen-bond donors (Lipinski definition) is 3. The molecule has 0 radical (unpaired) electrons. The Labute approximate surface area is 120 Å². The van der Waals surface area contributed by atoms with E-state index in [1.54, 1.807) is 6.08 Å². The summed E-state index contributed by atoms with van der Waals surface area (Å²) in [4.78, 5) is 10.7. The zero-order valence-corrected chi connectivity index (χ0v) is 11.9. The molecule has 3 N–H and O–H groups in total. The highest BCUT2D eigenvalue weighted by molar-refractivity contribution is 5.66. The first-order chi connectivity index (χ1) is 9.58. The Morgan fingerprint density at radius 3 is 2.55 bits per heavy atom. The summed E-state index contributed by atoms with van der Waals surface area (Å²) in [6.45, 7) is 6.23. The van der Waals surface area contributed by atoms with E-state index in [9.17, 15) is 9.90 Å². The Balaban J connectivity index is 2.75. The molecule has 0 spiro atoms. The zero-order valence-electron chi connectivity index (χ0n) is 11.9. The molecule has 0 amide bonds. The second-order valence-electron chi connectivity index (χ2n) is 4.78. The van der Waals surface area contributed by atoms with Crippen molar-refractivity contribution in [3.63, 3.8) is 0 Å². The summed E-state index contributed by atoms with van der Waals surface area (Å²) in [5, 5.41) is 22.3. The minimum Gasteiger partial charge on any atom is -0.481 e. The van der Waals surface area contributed by atoms with Crippen molar-refractivity contribution < 1.29 is 15.0 Å². The topological polar surface area (TPSA) is 69.6 Å². The molecule has 0 bridgehead atoms. The van der Waals surface area contributed by atoms with Gasteiger partial charge >= 0.3 is 5.97 Å². The van der Waals surface area contributed by atoms with Crippen LogP contribution in [-0.4, -0.2) is 28.8 Å². The molecule has 1 rings (SSSR count). The Kier molecular flexibility index (Phi) is 6.98. The minimum absolute atomic E-state index is 0.0267. The minimum atomic E-state index is -0.857. The third-order valence-electron chi connectivity index (χ3n) is 3.30. The van der Waals surface area contributed by atoms with E-state index in [2.05, 4.69) is 18.8 Å². The van der Waals surface area contributed by atoms with E-state index in [1.165, 1.54) is 5.56 Å². The maximum atomic E-state index is 10.7. The predicted molar refractivity (Wildman–Crippen MR) is 79.6 cm³/mol. The second-order valence-corrected chi connectivity index (χ2v) is 4.78. The molecule has 1 aromatic carbocycles. The number of carboxylic acid groups (broad SMARTS) is 1. The molecule has 0 aliphatic rings. The van der Waals surface area contributed by atoms with Crippen LogP contribution in [0.15, 0.2) is 36.9 Å². The van der Waals surface area contributed by atoms with Crippen molar-refractivity contribution in [2.24, 2.45) is 0 Å². The molecule has 0 fully saturated rings. The van der Waals surface area contributed by atoms with Crippen LogP contribution in [-0.2, 0) is 11.2 Å². The van der Waals surface area contributed by atoms with Crippen molar-refractivity contribution in [3.05, 3.63) is 48.0 Å². The van der Waals surface area contributed by atoms with Gasteiger partial charge in [-0.2, -0.15) is 0 Å². The van der Waals surface area contributed by atoms with Crippen LogP contribution < -0.4 is 5.32 Å². The molecule has 2 atom stereocenters. The molecule has 0 aliphatic heterocycles. The molecule has 0 aliphatic carbocycles. The first-order valence-electron chi connectivity index (χ1n) is 6.91. The quantitative estimate of drug-likeness (QED) is 0.606. The highest BCUT2D eigenvalue weighted by Gasteiger charge is 2.20.